The summed E-state index contributed by atoms with van der Waals surface area (Å²) in [7, 11) is 1.87. The van der Waals surface area contributed by atoms with E-state index >= 15 is 0 Å². The Kier molecular flexibility index (Phi) is 6.81. The number of hydrogen-bond acceptors (Lipinski definition) is 2. The molecule has 2 aliphatic rings. The number of rotatable bonds is 9. The van der Waals surface area contributed by atoms with Crippen LogP contribution < -0.4 is 10.6 Å². The molecule has 2 N–H and O–H groups in total. The van der Waals surface area contributed by atoms with Gasteiger partial charge in [0, 0.05) is 33.4 Å². The van der Waals surface area contributed by atoms with Crippen molar-refractivity contribution in [1.29, 1.82) is 0 Å². The average Bonchev–Trinajstić information content (AvgIpc) is 3.21. The van der Waals surface area contributed by atoms with Crippen molar-refractivity contribution in [2.45, 2.75) is 58.3 Å². The molecule has 0 radical (unpaired) electrons. The van der Waals surface area contributed by atoms with Crippen molar-refractivity contribution in [3.63, 3.8) is 0 Å². The molecule has 4 heteroatoms. The molecule has 2 fully saturated rings. The topological polar surface area (TPSA) is 45.6 Å². The molecule has 0 aromatic carbocycles. The van der Waals surface area contributed by atoms with Gasteiger partial charge in [-0.05, 0) is 43.9 Å². The van der Waals surface area contributed by atoms with Gasteiger partial charge in [0.05, 0.1) is 0 Å². The van der Waals surface area contributed by atoms with Gasteiger partial charge < -0.3 is 15.4 Å². The van der Waals surface area contributed by atoms with E-state index in [9.17, 15) is 0 Å². The van der Waals surface area contributed by atoms with Crippen molar-refractivity contribution in [2.24, 2.45) is 16.3 Å². The first-order valence-electron chi connectivity index (χ1n) is 8.80. The Morgan fingerprint density at radius 3 is 2.62 bits per heavy atom. The van der Waals surface area contributed by atoms with E-state index in [4.69, 9.17) is 4.74 Å². The van der Waals surface area contributed by atoms with Gasteiger partial charge in [0.25, 0.3) is 0 Å². The van der Waals surface area contributed by atoms with Gasteiger partial charge in [-0.2, -0.15) is 0 Å². The largest absolute Gasteiger partial charge is 0.382 e. The molecule has 0 bridgehead atoms. The zero-order valence-electron chi connectivity index (χ0n) is 13.9. The van der Waals surface area contributed by atoms with Crippen molar-refractivity contribution in [3.8, 4) is 0 Å². The summed E-state index contributed by atoms with van der Waals surface area (Å²) in [6, 6.07) is 0. The first kappa shape index (κ1) is 16.6. The third-order valence-corrected chi connectivity index (χ3v) is 5.04. The van der Waals surface area contributed by atoms with Crippen molar-refractivity contribution in [3.05, 3.63) is 0 Å². The number of guanidine groups is 1. The number of nitrogens with one attached hydrogen (secondary N) is 2. The van der Waals surface area contributed by atoms with Crippen LogP contribution in [0.25, 0.3) is 0 Å². The zero-order valence-corrected chi connectivity index (χ0v) is 13.9. The predicted octanol–water partition coefficient (Wildman–Crippen LogP) is 2.94. The van der Waals surface area contributed by atoms with E-state index in [0.717, 1.165) is 38.2 Å². The van der Waals surface area contributed by atoms with E-state index in [0.29, 0.717) is 5.41 Å². The molecule has 21 heavy (non-hydrogen) atoms. The molecule has 2 aliphatic carbocycles. The maximum Gasteiger partial charge on any atom is 0.190 e. The zero-order chi connectivity index (χ0) is 15.0. The van der Waals surface area contributed by atoms with Crippen molar-refractivity contribution in [1.82, 2.24) is 10.6 Å². The Balaban J connectivity index is 1.70. The summed E-state index contributed by atoms with van der Waals surface area (Å²) in [6.45, 7) is 5.88. The van der Waals surface area contributed by atoms with Crippen molar-refractivity contribution < 1.29 is 4.74 Å². The van der Waals surface area contributed by atoms with E-state index in [-0.39, 0.29) is 0 Å². The van der Waals surface area contributed by atoms with E-state index in [1.807, 2.05) is 7.05 Å². The third kappa shape index (κ3) is 5.85. The van der Waals surface area contributed by atoms with Crippen LogP contribution in [-0.4, -0.2) is 39.3 Å². The minimum absolute atomic E-state index is 0.420. The molecule has 122 valence electrons. The van der Waals surface area contributed by atoms with Gasteiger partial charge in [0.1, 0.15) is 0 Å². The molecule has 2 rings (SSSR count). The fourth-order valence-electron chi connectivity index (χ4n) is 3.37. The van der Waals surface area contributed by atoms with Gasteiger partial charge in [-0.1, -0.05) is 25.7 Å². The highest BCUT2D eigenvalue weighted by Crippen LogP contribution is 2.40. The fourth-order valence-corrected chi connectivity index (χ4v) is 3.37. The number of nitrogens with zero attached hydrogens (tertiary/aromatic N) is 1. The van der Waals surface area contributed by atoms with Crippen molar-refractivity contribution >= 4 is 5.96 Å². The molecule has 0 saturated heterocycles. The van der Waals surface area contributed by atoms with Crippen LogP contribution in [0.4, 0.5) is 0 Å². The molecule has 0 aromatic heterocycles. The van der Waals surface area contributed by atoms with Gasteiger partial charge in [-0.25, -0.2) is 0 Å². The maximum atomic E-state index is 5.58. The van der Waals surface area contributed by atoms with Gasteiger partial charge in [0.2, 0.25) is 0 Å². The number of hydrogen-bond donors (Lipinski definition) is 2. The summed E-state index contributed by atoms with van der Waals surface area (Å²) in [4.78, 5) is 4.36. The lowest BCUT2D eigenvalue weighted by molar-refractivity contribution is 0.105. The lowest BCUT2D eigenvalue weighted by Crippen LogP contribution is -2.43. The SMILES string of the molecule is CCOCCC1(CNC(=NC)NCCC2CC2)CCCC1. The lowest BCUT2D eigenvalue weighted by atomic mass is 9.83. The maximum absolute atomic E-state index is 5.58. The molecule has 0 atom stereocenters. The van der Waals surface area contributed by atoms with E-state index in [1.54, 1.807) is 0 Å². The minimum Gasteiger partial charge on any atom is -0.382 e. The second-order valence-corrected chi connectivity index (χ2v) is 6.74. The smallest absolute Gasteiger partial charge is 0.190 e. The second kappa shape index (κ2) is 8.62. The Morgan fingerprint density at radius 2 is 2.00 bits per heavy atom. The molecule has 0 aliphatic heterocycles. The highest BCUT2D eigenvalue weighted by molar-refractivity contribution is 5.79. The van der Waals surface area contributed by atoms with Crippen LogP contribution in [0, 0.1) is 11.3 Å². The fraction of sp³-hybridized carbons (Fsp3) is 0.941. The molecule has 4 nitrogen and oxygen atoms in total. The number of ether oxygens (including phenoxy) is 1. The lowest BCUT2D eigenvalue weighted by Gasteiger charge is -2.30. The normalized spacial score (nSPS) is 21.5. The second-order valence-electron chi connectivity index (χ2n) is 6.74. The quantitative estimate of drug-likeness (QED) is 0.390. The first-order chi connectivity index (χ1) is 10.3. The summed E-state index contributed by atoms with van der Waals surface area (Å²) in [5, 5.41) is 7.01. The molecule has 0 spiro atoms. The van der Waals surface area contributed by atoms with Crippen LogP contribution in [0.3, 0.4) is 0 Å². The predicted molar refractivity (Wildman–Crippen MR) is 88.7 cm³/mol. The van der Waals surface area contributed by atoms with Crippen LogP contribution >= 0.6 is 0 Å². The molecule has 0 unspecified atom stereocenters. The van der Waals surface area contributed by atoms with Crippen LogP contribution in [0.15, 0.2) is 4.99 Å². The molecule has 0 heterocycles. The van der Waals surface area contributed by atoms with E-state index in [2.05, 4.69) is 22.5 Å². The molecule has 2 saturated carbocycles. The summed E-state index contributed by atoms with van der Waals surface area (Å²) < 4.78 is 5.58. The van der Waals surface area contributed by atoms with Crippen LogP contribution in [-0.2, 0) is 4.74 Å². The average molecular weight is 295 g/mol. The van der Waals surface area contributed by atoms with Crippen molar-refractivity contribution in [2.75, 3.05) is 33.4 Å². The Bertz CT molecular complexity index is 320. The molecule has 0 aromatic rings. The molecular formula is C17H33N3O. The van der Waals surface area contributed by atoms with Gasteiger partial charge in [0.15, 0.2) is 5.96 Å². The minimum atomic E-state index is 0.420. The van der Waals surface area contributed by atoms with Crippen LogP contribution in [0.5, 0.6) is 0 Å². The van der Waals surface area contributed by atoms with Gasteiger partial charge in [-0.3, -0.25) is 4.99 Å². The number of aliphatic imine (C=N–C) groups is 1. The Labute approximate surface area is 130 Å². The first-order valence-corrected chi connectivity index (χ1v) is 8.80. The summed E-state index contributed by atoms with van der Waals surface area (Å²) in [5.74, 6) is 1.95. The summed E-state index contributed by atoms with van der Waals surface area (Å²) in [5.41, 5.74) is 0.420. The van der Waals surface area contributed by atoms with Gasteiger partial charge >= 0.3 is 0 Å². The van der Waals surface area contributed by atoms with E-state index in [1.165, 1.54) is 51.4 Å². The molecular weight excluding hydrogens is 262 g/mol. The third-order valence-electron chi connectivity index (χ3n) is 5.04. The highest BCUT2D eigenvalue weighted by atomic mass is 16.5. The van der Waals surface area contributed by atoms with Gasteiger partial charge in [-0.15, -0.1) is 0 Å². The van der Waals surface area contributed by atoms with E-state index < -0.39 is 0 Å². The summed E-state index contributed by atoms with van der Waals surface area (Å²) in [6.07, 6.45) is 10.7. The Hall–Kier alpha value is -0.770. The standard InChI is InChI=1S/C17H33N3O/c1-3-21-13-11-17(9-4-5-10-17)14-20-16(18-2)19-12-8-15-6-7-15/h15H,3-14H2,1-2H3,(H2,18,19,20). The summed E-state index contributed by atoms with van der Waals surface area (Å²) >= 11 is 0. The van der Waals surface area contributed by atoms with Crippen LogP contribution in [0.1, 0.15) is 58.3 Å². The van der Waals surface area contributed by atoms with Crippen LogP contribution in [0.2, 0.25) is 0 Å². The molecule has 0 amide bonds. The highest BCUT2D eigenvalue weighted by Gasteiger charge is 2.33. The monoisotopic (exact) mass is 295 g/mol. The Morgan fingerprint density at radius 1 is 1.24 bits per heavy atom.